The van der Waals surface area contributed by atoms with Crippen molar-refractivity contribution in [2.24, 2.45) is 0 Å². The van der Waals surface area contributed by atoms with Gasteiger partial charge in [0.15, 0.2) is 0 Å². The molecule has 0 spiro atoms. The van der Waals surface area contributed by atoms with Gasteiger partial charge in [-0.1, -0.05) is 20.8 Å². The SMILES string of the molecule is C[C@H](C(=O)O)N1CCN(Cc2csc(C(C)(C)C)n2)CC1. The summed E-state index contributed by atoms with van der Waals surface area (Å²) in [5.74, 6) is -0.738. The normalized spacial score (nSPS) is 19.6. The first-order chi connectivity index (χ1) is 9.77. The molecule has 0 saturated carbocycles. The fourth-order valence-corrected chi connectivity index (χ4v) is 3.32. The molecular formula is C15H25N3O2S. The second kappa shape index (κ2) is 6.42. The Morgan fingerprint density at radius 3 is 2.48 bits per heavy atom. The van der Waals surface area contributed by atoms with E-state index >= 15 is 0 Å². The largest absolute Gasteiger partial charge is 0.480 e. The van der Waals surface area contributed by atoms with Crippen LogP contribution in [0.3, 0.4) is 0 Å². The summed E-state index contributed by atoms with van der Waals surface area (Å²) in [4.78, 5) is 20.1. The summed E-state index contributed by atoms with van der Waals surface area (Å²) in [5.41, 5.74) is 1.24. The summed E-state index contributed by atoms with van der Waals surface area (Å²) in [5, 5.41) is 12.4. The minimum absolute atomic E-state index is 0.110. The number of aliphatic carboxylic acids is 1. The molecular weight excluding hydrogens is 286 g/mol. The second-order valence-corrected chi connectivity index (χ2v) is 7.58. The summed E-state index contributed by atoms with van der Waals surface area (Å²) in [7, 11) is 0. The van der Waals surface area contributed by atoms with Crippen molar-refractivity contribution in [3.8, 4) is 0 Å². The molecule has 1 aromatic rings. The summed E-state index contributed by atoms with van der Waals surface area (Å²) in [6, 6.07) is -0.390. The quantitative estimate of drug-likeness (QED) is 0.922. The van der Waals surface area contributed by atoms with Crippen molar-refractivity contribution in [2.75, 3.05) is 26.2 Å². The molecule has 0 amide bonds. The lowest BCUT2D eigenvalue weighted by Gasteiger charge is -2.36. The van der Waals surface area contributed by atoms with Crippen LogP contribution in [0.5, 0.6) is 0 Å². The summed E-state index contributed by atoms with van der Waals surface area (Å²) < 4.78 is 0. The van der Waals surface area contributed by atoms with Crippen molar-refractivity contribution >= 4 is 17.3 Å². The number of piperazine rings is 1. The maximum Gasteiger partial charge on any atom is 0.320 e. The van der Waals surface area contributed by atoms with Crippen molar-refractivity contribution in [2.45, 2.75) is 45.7 Å². The lowest BCUT2D eigenvalue weighted by molar-refractivity contribution is -0.143. The van der Waals surface area contributed by atoms with Gasteiger partial charge >= 0.3 is 5.97 Å². The molecule has 118 valence electrons. The van der Waals surface area contributed by atoms with E-state index in [0.717, 1.165) is 38.4 Å². The van der Waals surface area contributed by atoms with E-state index in [9.17, 15) is 4.79 Å². The Labute approximate surface area is 130 Å². The number of nitrogens with zero attached hydrogens (tertiary/aromatic N) is 3. The molecule has 1 aliphatic rings. The van der Waals surface area contributed by atoms with E-state index in [1.807, 2.05) is 4.90 Å². The van der Waals surface area contributed by atoms with E-state index in [2.05, 4.69) is 31.1 Å². The third kappa shape index (κ3) is 4.25. The van der Waals surface area contributed by atoms with E-state index in [-0.39, 0.29) is 11.5 Å². The number of carboxylic acids is 1. The summed E-state index contributed by atoms with van der Waals surface area (Å²) >= 11 is 1.73. The van der Waals surface area contributed by atoms with Crippen LogP contribution in [0.25, 0.3) is 0 Å². The van der Waals surface area contributed by atoms with Crippen LogP contribution in [0, 0.1) is 0 Å². The van der Waals surface area contributed by atoms with E-state index in [1.165, 1.54) is 5.01 Å². The predicted octanol–water partition coefficient (Wildman–Crippen LogP) is 2.03. The number of carbonyl (C=O) groups is 1. The van der Waals surface area contributed by atoms with Crippen LogP contribution in [0.2, 0.25) is 0 Å². The summed E-state index contributed by atoms with van der Waals surface area (Å²) in [6.45, 7) is 12.6. The monoisotopic (exact) mass is 311 g/mol. The fourth-order valence-electron chi connectivity index (χ4n) is 2.42. The van der Waals surface area contributed by atoms with E-state index in [4.69, 9.17) is 10.1 Å². The van der Waals surface area contributed by atoms with Gasteiger partial charge in [0.1, 0.15) is 6.04 Å². The molecule has 0 radical (unpaired) electrons. The van der Waals surface area contributed by atoms with Crippen molar-refractivity contribution in [3.63, 3.8) is 0 Å². The van der Waals surface area contributed by atoms with Crippen LogP contribution in [0.15, 0.2) is 5.38 Å². The van der Waals surface area contributed by atoms with Crippen molar-refractivity contribution in [1.29, 1.82) is 0 Å². The Balaban J connectivity index is 1.86. The predicted molar refractivity (Wildman–Crippen MR) is 84.8 cm³/mol. The first kappa shape index (κ1) is 16.4. The Hall–Kier alpha value is -0.980. The van der Waals surface area contributed by atoms with Gasteiger partial charge in [-0.25, -0.2) is 4.98 Å². The van der Waals surface area contributed by atoms with Crippen LogP contribution in [0.1, 0.15) is 38.4 Å². The van der Waals surface area contributed by atoms with Gasteiger partial charge in [-0.15, -0.1) is 11.3 Å². The minimum Gasteiger partial charge on any atom is -0.480 e. The average molecular weight is 311 g/mol. The van der Waals surface area contributed by atoms with Crippen molar-refractivity contribution < 1.29 is 9.90 Å². The molecule has 1 aliphatic heterocycles. The molecule has 6 heteroatoms. The smallest absolute Gasteiger partial charge is 0.320 e. The van der Waals surface area contributed by atoms with Gasteiger partial charge < -0.3 is 5.11 Å². The number of aromatic nitrogens is 1. The molecule has 1 fully saturated rings. The van der Waals surface area contributed by atoms with Crippen LogP contribution < -0.4 is 0 Å². The Kier molecular flexibility index (Phi) is 5.01. The Morgan fingerprint density at radius 1 is 1.38 bits per heavy atom. The highest BCUT2D eigenvalue weighted by Gasteiger charge is 2.25. The highest BCUT2D eigenvalue weighted by molar-refractivity contribution is 7.09. The van der Waals surface area contributed by atoms with Gasteiger partial charge in [-0.05, 0) is 6.92 Å². The zero-order valence-electron chi connectivity index (χ0n) is 13.3. The highest BCUT2D eigenvalue weighted by Crippen LogP contribution is 2.26. The molecule has 0 unspecified atom stereocenters. The molecule has 0 aliphatic carbocycles. The minimum atomic E-state index is -0.738. The molecule has 0 bridgehead atoms. The molecule has 2 rings (SSSR count). The number of hydrogen-bond acceptors (Lipinski definition) is 5. The topological polar surface area (TPSA) is 56.7 Å². The molecule has 1 aromatic heterocycles. The molecule has 1 N–H and O–H groups in total. The van der Waals surface area contributed by atoms with Gasteiger partial charge in [0.05, 0.1) is 10.7 Å². The van der Waals surface area contributed by atoms with Crippen LogP contribution >= 0.6 is 11.3 Å². The van der Waals surface area contributed by atoms with Crippen LogP contribution in [-0.2, 0) is 16.8 Å². The maximum atomic E-state index is 11.0. The van der Waals surface area contributed by atoms with Gasteiger partial charge in [-0.2, -0.15) is 0 Å². The summed E-state index contributed by atoms with van der Waals surface area (Å²) in [6.07, 6.45) is 0. The van der Waals surface area contributed by atoms with E-state index < -0.39 is 5.97 Å². The molecule has 1 saturated heterocycles. The number of thiazole rings is 1. The average Bonchev–Trinajstić information content (AvgIpc) is 2.87. The number of hydrogen-bond donors (Lipinski definition) is 1. The van der Waals surface area contributed by atoms with Gasteiger partial charge in [-0.3, -0.25) is 14.6 Å². The van der Waals surface area contributed by atoms with E-state index in [1.54, 1.807) is 18.3 Å². The number of carboxylic acid groups (broad SMARTS) is 1. The lowest BCUT2D eigenvalue weighted by atomic mass is 9.98. The van der Waals surface area contributed by atoms with Crippen LogP contribution in [0.4, 0.5) is 0 Å². The van der Waals surface area contributed by atoms with Gasteiger partial charge in [0, 0.05) is 43.5 Å². The maximum absolute atomic E-state index is 11.0. The molecule has 0 aromatic carbocycles. The molecule has 5 nitrogen and oxygen atoms in total. The van der Waals surface area contributed by atoms with Crippen molar-refractivity contribution in [1.82, 2.24) is 14.8 Å². The highest BCUT2D eigenvalue weighted by atomic mass is 32.1. The van der Waals surface area contributed by atoms with Gasteiger partial charge in [0.25, 0.3) is 0 Å². The molecule has 1 atom stereocenters. The fraction of sp³-hybridized carbons (Fsp3) is 0.733. The first-order valence-corrected chi connectivity index (χ1v) is 8.29. The Bertz CT molecular complexity index is 487. The Morgan fingerprint density at radius 2 is 2.00 bits per heavy atom. The third-order valence-electron chi connectivity index (χ3n) is 3.89. The molecule has 21 heavy (non-hydrogen) atoms. The second-order valence-electron chi connectivity index (χ2n) is 6.72. The third-order valence-corrected chi connectivity index (χ3v) is 5.21. The number of rotatable bonds is 4. The van der Waals surface area contributed by atoms with Crippen molar-refractivity contribution in [3.05, 3.63) is 16.1 Å². The standard InChI is InChI=1S/C15H25N3O2S/c1-11(13(19)20)18-7-5-17(6-8-18)9-12-10-21-14(16-12)15(2,3)4/h10-11H,5-9H2,1-4H3,(H,19,20)/t11-/m1/s1. The first-order valence-electron chi connectivity index (χ1n) is 7.41. The lowest BCUT2D eigenvalue weighted by Crippen LogP contribution is -2.51. The zero-order valence-corrected chi connectivity index (χ0v) is 14.1. The van der Waals surface area contributed by atoms with Crippen LogP contribution in [-0.4, -0.2) is 58.1 Å². The van der Waals surface area contributed by atoms with E-state index in [0.29, 0.717) is 0 Å². The zero-order chi connectivity index (χ0) is 15.6. The van der Waals surface area contributed by atoms with Gasteiger partial charge in [0.2, 0.25) is 0 Å². The molecule has 2 heterocycles.